The number of hydrogen-bond acceptors (Lipinski definition) is 2. The van der Waals surface area contributed by atoms with E-state index in [1.807, 2.05) is 6.92 Å². The van der Waals surface area contributed by atoms with Crippen molar-refractivity contribution in [3.05, 3.63) is 28.8 Å². The topological polar surface area (TPSA) is 29.5 Å². The zero-order valence-corrected chi connectivity index (χ0v) is 9.35. The maximum absolute atomic E-state index is 9.44. The van der Waals surface area contributed by atoms with Gasteiger partial charge in [-0.3, -0.25) is 0 Å². The van der Waals surface area contributed by atoms with Crippen molar-refractivity contribution in [2.45, 2.75) is 13.0 Å². The second-order valence-corrected chi connectivity index (χ2v) is 3.51. The Morgan fingerprint density at radius 3 is 2.71 bits per heavy atom. The standard InChI is InChI=1S/C10H12Cl2O2/c1-2-14-10-4-3-7(5-8(10)12)9(13)6-11/h3-5,9,13H,2,6H2,1H3. The zero-order valence-electron chi connectivity index (χ0n) is 7.84. The van der Waals surface area contributed by atoms with Crippen LogP contribution in [0.1, 0.15) is 18.6 Å². The molecular weight excluding hydrogens is 223 g/mol. The van der Waals surface area contributed by atoms with Crippen LogP contribution >= 0.6 is 23.2 Å². The average Bonchev–Trinajstić information content (AvgIpc) is 2.20. The molecule has 0 aliphatic rings. The Kier molecular flexibility index (Phi) is 4.52. The van der Waals surface area contributed by atoms with E-state index in [0.717, 1.165) is 0 Å². The van der Waals surface area contributed by atoms with Gasteiger partial charge in [-0.05, 0) is 24.6 Å². The van der Waals surface area contributed by atoms with Crippen molar-refractivity contribution in [3.8, 4) is 5.75 Å². The highest BCUT2D eigenvalue weighted by molar-refractivity contribution is 6.32. The van der Waals surface area contributed by atoms with E-state index in [1.54, 1.807) is 18.2 Å². The number of rotatable bonds is 4. The van der Waals surface area contributed by atoms with E-state index in [-0.39, 0.29) is 5.88 Å². The van der Waals surface area contributed by atoms with Gasteiger partial charge in [0.15, 0.2) is 0 Å². The van der Waals surface area contributed by atoms with Gasteiger partial charge in [0.1, 0.15) is 5.75 Å². The summed E-state index contributed by atoms with van der Waals surface area (Å²) in [4.78, 5) is 0. The van der Waals surface area contributed by atoms with E-state index in [9.17, 15) is 5.11 Å². The molecular formula is C10H12Cl2O2. The quantitative estimate of drug-likeness (QED) is 0.813. The first kappa shape index (κ1) is 11.6. The minimum Gasteiger partial charge on any atom is -0.492 e. The van der Waals surface area contributed by atoms with E-state index in [2.05, 4.69) is 0 Å². The van der Waals surface area contributed by atoms with Gasteiger partial charge in [0, 0.05) is 0 Å². The second kappa shape index (κ2) is 5.44. The third kappa shape index (κ3) is 2.77. The Morgan fingerprint density at radius 1 is 1.50 bits per heavy atom. The van der Waals surface area contributed by atoms with Crippen molar-refractivity contribution in [2.75, 3.05) is 12.5 Å². The molecule has 0 amide bonds. The first-order valence-electron chi connectivity index (χ1n) is 4.35. The number of halogens is 2. The third-order valence-corrected chi connectivity index (χ3v) is 2.37. The summed E-state index contributed by atoms with van der Waals surface area (Å²) in [6, 6.07) is 5.15. The van der Waals surface area contributed by atoms with Gasteiger partial charge in [-0.2, -0.15) is 0 Å². The van der Waals surface area contributed by atoms with Gasteiger partial charge in [0.25, 0.3) is 0 Å². The molecule has 2 nitrogen and oxygen atoms in total. The lowest BCUT2D eigenvalue weighted by molar-refractivity contribution is 0.202. The molecule has 0 saturated heterocycles. The molecule has 78 valence electrons. The molecule has 1 aromatic rings. The van der Waals surface area contributed by atoms with Crippen molar-refractivity contribution in [2.24, 2.45) is 0 Å². The van der Waals surface area contributed by atoms with Crippen molar-refractivity contribution in [1.29, 1.82) is 0 Å². The summed E-state index contributed by atoms with van der Waals surface area (Å²) >= 11 is 11.4. The SMILES string of the molecule is CCOc1ccc(C(O)CCl)cc1Cl. The van der Waals surface area contributed by atoms with E-state index in [1.165, 1.54) is 0 Å². The van der Waals surface area contributed by atoms with Crippen molar-refractivity contribution in [3.63, 3.8) is 0 Å². The molecule has 0 saturated carbocycles. The fourth-order valence-corrected chi connectivity index (χ4v) is 1.51. The summed E-state index contributed by atoms with van der Waals surface area (Å²) in [5.41, 5.74) is 0.702. The summed E-state index contributed by atoms with van der Waals surface area (Å²) in [5.74, 6) is 0.782. The van der Waals surface area contributed by atoms with Gasteiger partial charge in [-0.25, -0.2) is 0 Å². The lowest BCUT2D eigenvalue weighted by Gasteiger charge is -2.10. The molecule has 0 aromatic heterocycles. The maximum Gasteiger partial charge on any atom is 0.137 e. The van der Waals surface area contributed by atoms with Crippen LogP contribution in [0.4, 0.5) is 0 Å². The lowest BCUT2D eigenvalue weighted by Crippen LogP contribution is -1.99. The van der Waals surface area contributed by atoms with Crippen LogP contribution in [-0.4, -0.2) is 17.6 Å². The Bertz CT molecular complexity index is 302. The number of alkyl halides is 1. The normalized spacial score (nSPS) is 12.6. The number of aliphatic hydroxyl groups excluding tert-OH is 1. The first-order valence-corrected chi connectivity index (χ1v) is 5.26. The summed E-state index contributed by atoms with van der Waals surface area (Å²) < 4.78 is 5.26. The molecule has 0 radical (unpaired) electrons. The van der Waals surface area contributed by atoms with Crippen molar-refractivity contribution >= 4 is 23.2 Å². The van der Waals surface area contributed by atoms with Crippen LogP contribution in [0, 0.1) is 0 Å². The van der Waals surface area contributed by atoms with E-state index in [0.29, 0.717) is 22.9 Å². The van der Waals surface area contributed by atoms with Gasteiger partial charge >= 0.3 is 0 Å². The van der Waals surface area contributed by atoms with E-state index in [4.69, 9.17) is 27.9 Å². The first-order chi connectivity index (χ1) is 6.69. The van der Waals surface area contributed by atoms with Gasteiger partial charge in [0.05, 0.1) is 23.6 Å². The Labute approximate surface area is 93.4 Å². The van der Waals surface area contributed by atoms with Gasteiger partial charge < -0.3 is 9.84 Å². The number of ether oxygens (including phenoxy) is 1. The van der Waals surface area contributed by atoms with Crippen LogP contribution in [0.3, 0.4) is 0 Å². The minimum absolute atomic E-state index is 0.157. The Morgan fingerprint density at radius 2 is 2.21 bits per heavy atom. The number of hydrogen-bond donors (Lipinski definition) is 1. The fourth-order valence-electron chi connectivity index (χ4n) is 1.09. The molecule has 1 unspecified atom stereocenters. The molecule has 0 spiro atoms. The second-order valence-electron chi connectivity index (χ2n) is 2.79. The van der Waals surface area contributed by atoms with Gasteiger partial charge in [-0.15, -0.1) is 11.6 Å². The van der Waals surface area contributed by atoms with E-state index >= 15 is 0 Å². The van der Waals surface area contributed by atoms with Crippen molar-refractivity contribution < 1.29 is 9.84 Å². The molecule has 0 fully saturated rings. The molecule has 0 aliphatic heterocycles. The van der Waals surface area contributed by atoms with Crippen LogP contribution < -0.4 is 4.74 Å². The van der Waals surface area contributed by atoms with Crippen LogP contribution in [-0.2, 0) is 0 Å². The minimum atomic E-state index is -0.676. The zero-order chi connectivity index (χ0) is 10.6. The highest BCUT2D eigenvalue weighted by atomic mass is 35.5. The average molecular weight is 235 g/mol. The van der Waals surface area contributed by atoms with Gasteiger partial charge in [-0.1, -0.05) is 17.7 Å². The highest BCUT2D eigenvalue weighted by Gasteiger charge is 2.08. The summed E-state index contributed by atoms with van der Waals surface area (Å²) in [5, 5.41) is 9.94. The molecule has 0 bridgehead atoms. The predicted molar refractivity (Wildman–Crippen MR) is 58.3 cm³/mol. The fraction of sp³-hybridized carbons (Fsp3) is 0.400. The van der Waals surface area contributed by atoms with Crippen LogP contribution in [0.25, 0.3) is 0 Å². The molecule has 0 aliphatic carbocycles. The van der Waals surface area contributed by atoms with Crippen LogP contribution in [0.15, 0.2) is 18.2 Å². The smallest absolute Gasteiger partial charge is 0.137 e. The molecule has 1 N–H and O–H groups in total. The van der Waals surface area contributed by atoms with E-state index < -0.39 is 6.10 Å². The summed E-state index contributed by atoms with van der Waals surface area (Å²) in [7, 11) is 0. The predicted octanol–water partition coefficient (Wildman–Crippen LogP) is 3.01. The number of aliphatic hydroxyl groups is 1. The molecule has 4 heteroatoms. The molecule has 1 aromatic carbocycles. The van der Waals surface area contributed by atoms with Gasteiger partial charge in [0.2, 0.25) is 0 Å². The molecule has 0 heterocycles. The Hall–Kier alpha value is -0.440. The largest absolute Gasteiger partial charge is 0.492 e. The molecule has 1 rings (SSSR count). The maximum atomic E-state index is 9.44. The van der Waals surface area contributed by atoms with Crippen molar-refractivity contribution in [1.82, 2.24) is 0 Å². The van der Waals surface area contributed by atoms with Crippen LogP contribution in [0.5, 0.6) is 5.75 Å². The Balaban J connectivity index is 2.88. The third-order valence-electron chi connectivity index (χ3n) is 1.79. The number of benzene rings is 1. The highest BCUT2D eigenvalue weighted by Crippen LogP contribution is 2.28. The summed E-state index contributed by atoms with van der Waals surface area (Å²) in [6.07, 6.45) is -0.676. The monoisotopic (exact) mass is 234 g/mol. The molecule has 1 atom stereocenters. The lowest BCUT2D eigenvalue weighted by atomic mass is 10.1. The molecule has 14 heavy (non-hydrogen) atoms. The van der Waals surface area contributed by atoms with Crippen LogP contribution in [0.2, 0.25) is 5.02 Å². The summed E-state index contributed by atoms with van der Waals surface area (Å²) in [6.45, 7) is 2.45.